The van der Waals surface area contributed by atoms with Crippen LogP contribution < -0.4 is 5.73 Å². The minimum atomic E-state index is 0.101. The highest BCUT2D eigenvalue weighted by Crippen LogP contribution is 2.27. The zero-order valence-electron chi connectivity index (χ0n) is 11.3. The Morgan fingerprint density at radius 1 is 1.26 bits per heavy atom. The van der Waals surface area contributed by atoms with E-state index in [4.69, 9.17) is 10.7 Å². The monoisotopic (exact) mass is 253 g/mol. The smallest absolute Gasteiger partial charge is 0.159 e. The second kappa shape index (κ2) is 5.10. The molecule has 1 atom stereocenters. The van der Waals surface area contributed by atoms with Crippen LogP contribution in [0.3, 0.4) is 0 Å². The number of aromatic nitrogens is 2. The van der Waals surface area contributed by atoms with Crippen molar-refractivity contribution in [1.82, 2.24) is 9.97 Å². The Kier molecular flexibility index (Phi) is 3.30. The number of hydrogen-bond acceptors (Lipinski definition) is 3. The van der Waals surface area contributed by atoms with Crippen molar-refractivity contribution < 1.29 is 0 Å². The SMILES string of the molecule is Cc1cccc(-c2ncc3c(n2)CCCCC3N)c1. The summed E-state index contributed by atoms with van der Waals surface area (Å²) >= 11 is 0. The highest BCUT2D eigenvalue weighted by atomic mass is 14.9. The molecule has 3 heteroatoms. The highest BCUT2D eigenvalue weighted by Gasteiger charge is 2.17. The highest BCUT2D eigenvalue weighted by molar-refractivity contribution is 5.56. The summed E-state index contributed by atoms with van der Waals surface area (Å²) in [5.74, 6) is 0.816. The fraction of sp³-hybridized carbons (Fsp3) is 0.375. The molecular weight excluding hydrogens is 234 g/mol. The van der Waals surface area contributed by atoms with Gasteiger partial charge in [0.1, 0.15) is 0 Å². The predicted molar refractivity (Wildman–Crippen MR) is 76.7 cm³/mol. The van der Waals surface area contributed by atoms with E-state index in [1.807, 2.05) is 12.3 Å². The first-order valence-electron chi connectivity index (χ1n) is 6.92. The molecule has 1 aliphatic carbocycles. The molecule has 1 aromatic carbocycles. The van der Waals surface area contributed by atoms with Gasteiger partial charge in [0.25, 0.3) is 0 Å². The quantitative estimate of drug-likeness (QED) is 0.794. The standard InChI is InChI=1S/C16H19N3/c1-11-5-4-6-12(9-11)16-18-10-13-14(17)7-2-3-8-15(13)19-16/h4-6,9-10,14H,2-3,7-8,17H2,1H3. The fourth-order valence-electron chi connectivity index (χ4n) is 2.67. The van der Waals surface area contributed by atoms with Crippen LogP contribution in [-0.4, -0.2) is 9.97 Å². The van der Waals surface area contributed by atoms with Gasteiger partial charge in [0.2, 0.25) is 0 Å². The van der Waals surface area contributed by atoms with Crippen LogP contribution in [0.25, 0.3) is 11.4 Å². The molecule has 0 aliphatic heterocycles. The van der Waals surface area contributed by atoms with E-state index >= 15 is 0 Å². The number of hydrogen-bond donors (Lipinski definition) is 1. The number of nitrogens with zero attached hydrogens (tertiary/aromatic N) is 2. The van der Waals surface area contributed by atoms with Gasteiger partial charge in [0.15, 0.2) is 5.82 Å². The van der Waals surface area contributed by atoms with Gasteiger partial charge in [-0.05, 0) is 32.3 Å². The van der Waals surface area contributed by atoms with Crippen LogP contribution in [-0.2, 0) is 6.42 Å². The van der Waals surface area contributed by atoms with Crippen molar-refractivity contribution >= 4 is 0 Å². The third-order valence-corrected chi connectivity index (χ3v) is 3.75. The van der Waals surface area contributed by atoms with Crippen molar-refractivity contribution in [3.05, 3.63) is 47.3 Å². The van der Waals surface area contributed by atoms with E-state index < -0.39 is 0 Å². The van der Waals surface area contributed by atoms with Gasteiger partial charge in [-0.3, -0.25) is 0 Å². The Balaban J connectivity index is 2.03. The molecule has 1 aliphatic rings. The van der Waals surface area contributed by atoms with E-state index in [2.05, 4.69) is 30.1 Å². The predicted octanol–water partition coefficient (Wildman–Crippen LogP) is 3.18. The molecule has 2 N–H and O–H groups in total. The van der Waals surface area contributed by atoms with E-state index in [0.717, 1.165) is 35.5 Å². The minimum absolute atomic E-state index is 0.101. The molecule has 98 valence electrons. The third-order valence-electron chi connectivity index (χ3n) is 3.75. The molecule has 0 amide bonds. The summed E-state index contributed by atoms with van der Waals surface area (Å²) in [6.45, 7) is 2.09. The van der Waals surface area contributed by atoms with Crippen molar-refractivity contribution in [2.75, 3.05) is 0 Å². The summed E-state index contributed by atoms with van der Waals surface area (Å²) in [5, 5.41) is 0. The number of benzene rings is 1. The zero-order valence-corrected chi connectivity index (χ0v) is 11.3. The number of fused-ring (bicyclic) bond motifs is 1. The molecule has 3 nitrogen and oxygen atoms in total. The summed E-state index contributed by atoms with van der Waals surface area (Å²) in [6.07, 6.45) is 6.34. The lowest BCUT2D eigenvalue weighted by molar-refractivity contribution is 0.614. The van der Waals surface area contributed by atoms with E-state index in [0.29, 0.717) is 0 Å². The van der Waals surface area contributed by atoms with Gasteiger partial charge in [0, 0.05) is 29.1 Å². The molecule has 2 aromatic rings. The van der Waals surface area contributed by atoms with Crippen molar-refractivity contribution in [2.24, 2.45) is 5.73 Å². The second-order valence-electron chi connectivity index (χ2n) is 5.32. The molecule has 1 unspecified atom stereocenters. The summed E-state index contributed by atoms with van der Waals surface area (Å²) in [4.78, 5) is 9.25. The largest absolute Gasteiger partial charge is 0.324 e. The van der Waals surface area contributed by atoms with Crippen molar-refractivity contribution in [3.63, 3.8) is 0 Å². The van der Waals surface area contributed by atoms with E-state index in [9.17, 15) is 0 Å². The molecule has 0 radical (unpaired) electrons. The first-order chi connectivity index (χ1) is 9.24. The molecule has 0 fully saturated rings. The van der Waals surface area contributed by atoms with Crippen molar-refractivity contribution in [2.45, 2.75) is 38.6 Å². The summed E-state index contributed by atoms with van der Waals surface area (Å²) < 4.78 is 0. The normalized spacial score (nSPS) is 18.7. The van der Waals surface area contributed by atoms with E-state index in [1.54, 1.807) is 0 Å². The Hall–Kier alpha value is -1.74. The Morgan fingerprint density at radius 2 is 2.16 bits per heavy atom. The minimum Gasteiger partial charge on any atom is -0.324 e. The number of aryl methyl sites for hydroxylation is 2. The van der Waals surface area contributed by atoms with Crippen LogP contribution in [0.2, 0.25) is 0 Å². The van der Waals surface area contributed by atoms with Crippen LogP contribution >= 0.6 is 0 Å². The molecule has 3 rings (SSSR count). The molecular formula is C16H19N3. The van der Waals surface area contributed by atoms with Crippen molar-refractivity contribution in [1.29, 1.82) is 0 Å². The fourth-order valence-corrected chi connectivity index (χ4v) is 2.67. The maximum Gasteiger partial charge on any atom is 0.159 e. The Labute approximate surface area is 113 Å². The van der Waals surface area contributed by atoms with Gasteiger partial charge in [-0.15, -0.1) is 0 Å². The Bertz CT molecular complexity index is 592. The molecule has 19 heavy (non-hydrogen) atoms. The molecule has 0 spiro atoms. The second-order valence-corrected chi connectivity index (χ2v) is 5.32. The topological polar surface area (TPSA) is 51.8 Å². The number of nitrogens with two attached hydrogens (primary N) is 1. The van der Waals surface area contributed by atoms with Gasteiger partial charge in [-0.2, -0.15) is 0 Å². The first kappa shape index (κ1) is 12.3. The summed E-state index contributed by atoms with van der Waals surface area (Å²) in [5.41, 5.74) is 10.8. The lowest BCUT2D eigenvalue weighted by Crippen LogP contribution is -2.12. The van der Waals surface area contributed by atoms with Gasteiger partial charge < -0.3 is 5.73 Å². The third kappa shape index (κ3) is 2.51. The lowest BCUT2D eigenvalue weighted by Gasteiger charge is -2.12. The van der Waals surface area contributed by atoms with Crippen molar-refractivity contribution in [3.8, 4) is 11.4 Å². The summed E-state index contributed by atoms with van der Waals surface area (Å²) in [7, 11) is 0. The first-order valence-corrected chi connectivity index (χ1v) is 6.92. The van der Waals surface area contributed by atoms with Crippen LogP contribution in [0.4, 0.5) is 0 Å². The van der Waals surface area contributed by atoms with Crippen LogP contribution in [0.1, 0.15) is 42.1 Å². The average molecular weight is 253 g/mol. The molecule has 0 saturated heterocycles. The van der Waals surface area contributed by atoms with Gasteiger partial charge in [0.05, 0.1) is 0 Å². The Morgan fingerprint density at radius 3 is 3.00 bits per heavy atom. The molecule has 0 bridgehead atoms. The van der Waals surface area contributed by atoms with E-state index in [1.165, 1.54) is 18.4 Å². The van der Waals surface area contributed by atoms with Gasteiger partial charge >= 0.3 is 0 Å². The van der Waals surface area contributed by atoms with Crippen LogP contribution in [0.5, 0.6) is 0 Å². The zero-order chi connectivity index (χ0) is 13.2. The lowest BCUT2D eigenvalue weighted by atomic mass is 10.1. The average Bonchev–Trinajstić information content (AvgIpc) is 2.60. The maximum atomic E-state index is 6.18. The molecule has 0 saturated carbocycles. The van der Waals surface area contributed by atoms with Crippen LogP contribution in [0.15, 0.2) is 30.5 Å². The van der Waals surface area contributed by atoms with Crippen LogP contribution in [0, 0.1) is 6.92 Å². The summed E-state index contributed by atoms with van der Waals surface area (Å²) in [6, 6.07) is 8.42. The van der Waals surface area contributed by atoms with Gasteiger partial charge in [-0.1, -0.05) is 30.2 Å². The molecule has 1 aromatic heterocycles. The molecule has 1 heterocycles. The maximum absolute atomic E-state index is 6.18. The van der Waals surface area contributed by atoms with Gasteiger partial charge in [-0.25, -0.2) is 9.97 Å². The number of rotatable bonds is 1. The van der Waals surface area contributed by atoms with E-state index in [-0.39, 0.29) is 6.04 Å².